The van der Waals surface area contributed by atoms with Crippen LogP contribution in [0.2, 0.25) is 0 Å². The number of carboxylic acid groups (broad SMARTS) is 2. The number of carboxylic acids is 2. The summed E-state index contributed by atoms with van der Waals surface area (Å²) in [5.41, 5.74) is -1.10. The monoisotopic (exact) mass is 300 g/mol. The van der Waals surface area contributed by atoms with Crippen LogP contribution in [0.4, 0.5) is 0 Å². The molecule has 1 atom stereocenters. The van der Waals surface area contributed by atoms with Crippen LogP contribution in [0.1, 0.15) is 85.0 Å². The Balaban J connectivity index is 4.96. The van der Waals surface area contributed by atoms with Gasteiger partial charge >= 0.3 is 11.9 Å². The van der Waals surface area contributed by atoms with E-state index in [1.54, 1.807) is 0 Å². The summed E-state index contributed by atoms with van der Waals surface area (Å²) in [5, 5.41) is 19.2. The minimum absolute atomic E-state index is 0.447. The van der Waals surface area contributed by atoms with Crippen molar-refractivity contribution in [2.45, 2.75) is 85.0 Å². The molecule has 0 saturated carbocycles. The minimum Gasteiger partial charge on any atom is -0.481 e. The molecule has 0 aromatic heterocycles. The average molecular weight is 300 g/mol. The Labute approximate surface area is 128 Å². The summed E-state index contributed by atoms with van der Waals surface area (Å²) in [4.78, 5) is 23.5. The smallest absolute Gasteiger partial charge is 0.310 e. The van der Waals surface area contributed by atoms with E-state index in [9.17, 15) is 19.8 Å². The van der Waals surface area contributed by atoms with Crippen LogP contribution in [-0.4, -0.2) is 22.2 Å². The Kier molecular flexibility index (Phi) is 10.1. The van der Waals surface area contributed by atoms with E-state index in [4.69, 9.17) is 0 Å². The number of hydrogen-bond donors (Lipinski definition) is 2. The number of rotatable bonds is 13. The molecule has 0 aliphatic heterocycles. The maximum absolute atomic E-state index is 11.8. The highest BCUT2D eigenvalue weighted by Crippen LogP contribution is 2.41. The third-order valence-corrected chi connectivity index (χ3v) is 4.38. The first-order valence-corrected chi connectivity index (χ1v) is 8.42. The molecule has 0 fully saturated rings. The zero-order valence-corrected chi connectivity index (χ0v) is 13.9. The lowest BCUT2D eigenvalue weighted by atomic mass is 9.67. The van der Waals surface area contributed by atoms with Crippen molar-refractivity contribution in [2.75, 3.05) is 0 Å². The van der Waals surface area contributed by atoms with Gasteiger partial charge in [-0.05, 0) is 19.3 Å². The van der Waals surface area contributed by atoms with Crippen LogP contribution in [0.25, 0.3) is 0 Å². The molecule has 1 unspecified atom stereocenters. The summed E-state index contributed by atoms with van der Waals surface area (Å²) in [6, 6.07) is 0. The van der Waals surface area contributed by atoms with Crippen molar-refractivity contribution in [1.29, 1.82) is 0 Å². The van der Waals surface area contributed by atoms with E-state index in [-0.39, 0.29) is 0 Å². The van der Waals surface area contributed by atoms with Gasteiger partial charge in [-0.3, -0.25) is 9.59 Å². The van der Waals surface area contributed by atoms with E-state index in [0.717, 1.165) is 32.1 Å². The molecule has 0 amide bonds. The molecule has 0 aromatic carbocycles. The van der Waals surface area contributed by atoms with Crippen LogP contribution in [0.5, 0.6) is 0 Å². The fourth-order valence-corrected chi connectivity index (χ4v) is 3.32. The molecule has 4 heteroatoms. The Morgan fingerprint density at radius 2 is 1.38 bits per heavy atom. The molecule has 0 aliphatic rings. The van der Waals surface area contributed by atoms with Gasteiger partial charge in [-0.2, -0.15) is 0 Å². The van der Waals surface area contributed by atoms with Gasteiger partial charge in [0.25, 0.3) is 0 Å². The first-order chi connectivity index (χ1) is 9.96. The Morgan fingerprint density at radius 1 is 0.857 bits per heavy atom. The molecular weight excluding hydrogens is 268 g/mol. The van der Waals surface area contributed by atoms with Crippen molar-refractivity contribution in [3.05, 3.63) is 0 Å². The third kappa shape index (κ3) is 6.06. The minimum atomic E-state index is -1.10. The fourth-order valence-electron chi connectivity index (χ4n) is 3.32. The van der Waals surface area contributed by atoms with Gasteiger partial charge in [0, 0.05) is 0 Å². The molecule has 0 saturated heterocycles. The summed E-state index contributed by atoms with van der Waals surface area (Å²) in [6.07, 6.45) is 7.97. The van der Waals surface area contributed by atoms with E-state index < -0.39 is 23.3 Å². The second-order valence-corrected chi connectivity index (χ2v) is 6.06. The van der Waals surface area contributed by atoms with Crippen molar-refractivity contribution < 1.29 is 19.8 Å². The molecular formula is C17H32O4. The zero-order chi connectivity index (χ0) is 16.3. The molecule has 0 radical (unpaired) electrons. The second kappa shape index (κ2) is 10.6. The van der Waals surface area contributed by atoms with E-state index >= 15 is 0 Å². The predicted molar refractivity (Wildman–Crippen MR) is 84.4 cm³/mol. The second-order valence-electron chi connectivity index (χ2n) is 6.06. The molecule has 0 rings (SSSR count). The molecule has 0 aromatic rings. The van der Waals surface area contributed by atoms with Gasteiger partial charge in [-0.15, -0.1) is 0 Å². The Hall–Kier alpha value is -1.06. The first kappa shape index (κ1) is 19.9. The number of hydrogen-bond acceptors (Lipinski definition) is 2. The van der Waals surface area contributed by atoms with Crippen molar-refractivity contribution in [1.82, 2.24) is 0 Å². The molecule has 0 aliphatic carbocycles. The number of unbranched alkanes of at least 4 members (excludes halogenated alkanes) is 4. The number of carbonyl (C=O) groups is 2. The summed E-state index contributed by atoms with van der Waals surface area (Å²) in [6.45, 7) is 5.99. The first-order valence-electron chi connectivity index (χ1n) is 8.42. The standard InChI is InChI=1S/C17H32O4/c1-4-7-8-9-10-11-14(15(18)19)17(12-5-2,13-6-3)16(20)21/h14H,4-13H2,1-3H3,(H,18,19)(H,20,21). The van der Waals surface area contributed by atoms with E-state index in [0.29, 0.717) is 32.1 Å². The van der Waals surface area contributed by atoms with Crippen molar-refractivity contribution >= 4 is 11.9 Å². The summed E-state index contributed by atoms with van der Waals surface area (Å²) < 4.78 is 0. The van der Waals surface area contributed by atoms with Gasteiger partial charge in [0.2, 0.25) is 0 Å². The zero-order valence-electron chi connectivity index (χ0n) is 13.9. The Bertz CT molecular complexity index is 306. The van der Waals surface area contributed by atoms with Crippen LogP contribution in [0.15, 0.2) is 0 Å². The molecule has 0 heterocycles. The molecule has 124 valence electrons. The lowest BCUT2D eigenvalue weighted by Crippen LogP contribution is -2.42. The quantitative estimate of drug-likeness (QED) is 0.483. The van der Waals surface area contributed by atoms with Gasteiger partial charge in [-0.1, -0.05) is 65.7 Å². The van der Waals surface area contributed by atoms with Gasteiger partial charge in [0.15, 0.2) is 0 Å². The average Bonchev–Trinajstić information content (AvgIpc) is 2.42. The van der Waals surface area contributed by atoms with E-state index in [1.807, 2.05) is 13.8 Å². The highest BCUT2D eigenvalue weighted by Gasteiger charge is 2.47. The Morgan fingerprint density at radius 3 is 1.76 bits per heavy atom. The van der Waals surface area contributed by atoms with Gasteiger partial charge in [0.1, 0.15) is 0 Å². The maximum Gasteiger partial charge on any atom is 0.310 e. The largest absolute Gasteiger partial charge is 0.481 e. The normalized spacial score (nSPS) is 13.1. The van der Waals surface area contributed by atoms with Crippen molar-refractivity contribution in [3.63, 3.8) is 0 Å². The lowest BCUT2D eigenvalue weighted by Gasteiger charge is -2.34. The molecule has 0 spiro atoms. The lowest BCUT2D eigenvalue weighted by molar-refractivity contribution is -0.164. The van der Waals surface area contributed by atoms with Crippen molar-refractivity contribution in [2.24, 2.45) is 11.3 Å². The van der Waals surface area contributed by atoms with Crippen molar-refractivity contribution in [3.8, 4) is 0 Å². The van der Waals surface area contributed by atoms with Gasteiger partial charge in [0.05, 0.1) is 11.3 Å². The van der Waals surface area contributed by atoms with Crippen LogP contribution in [0.3, 0.4) is 0 Å². The maximum atomic E-state index is 11.8. The topological polar surface area (TPSA) is 74.6 Å². The number of aliphatic carboxylic acids is 2. The van der Waals surface area contributed by atoms with Crippen LogP contribution >= 0.6 is 0 Å². The van der Waals surface area contributed by atoms with Gasteiger partial charge < -0.3 is 10.2 Å². The molecule has 21 heavy (non-hydrogen) atoms. The summed E-state index contributed by atoms with van der Waals surface area (Å²) in [5.74, 6) is -2.65. The van der Waals surface area contributed by atoms with Crippen LogP contribution in [-0.2, 0) is 9.59 Å². The summed E-state index contributed by atoms with van der Waals surface area (Å²) >= 11 is 0. The highest BCUT2D eigenvalue weighted by molar-refractivity contribution is 5.83. The molecule has 4 nitrogen and oxygen atoms in total. The highest BCUT2D eigenvalue weighted by atomic mass is 16.4. The van der Waals surface area contributed by atoms with Crippen LogP contribution in [0, 0.1) is 11.3 Å². The van der Waals surface area contributed by atoms with E-state index in [2.05, 4.69) is 6.92 Å². The fraction of sp³-hybridized carbons (Fsp3) is 0.882. The van der Waals surface area contributed by atoms with Crippen LogP contribution < -0.4 is 0 Å². The molecule has 0 bridgehead atoms. The summed E-state index contributed by atoms with van der Waals surface area (Å²) in [7, 11) is 0. The third-order valence-electron chi connectivity index (χ3n) is 4.38. The van der Waals surface area contributed by atoms with Gasteiger partial charge in [-0.25, -0.2) is 0 Å². The predicted octanol–water partition coefficient (Wildman–Crippen LogP) is 4.72. The SMILES string of the molecule is CCCCCCCC(C(=O)O)C(CCC)(CCC)C(=O)O. The van der Waals surface area contributed by atoms with E-state index in [1.165, 1.54) is 0 Å². The molecule has 2 N–H and O–H groups in total.